The summed E-state index contributed by atoms with van der Waals surface area (Å²) >= 11 is 3.43. The molecule has 3 N–H and O–H groups in total. The second kappa shape index (κ2) is 7.94. The molecular formula is C16H20BrN5O2S. The number of nitrogens with zero attached hydrogens (tertiary/aromatic N) is 3. The number of primary sulfonamides is 1. The lowest BCUT2D eigenvalue weighted by Gasteiger charge is -2.09. The van der Waals surface area contributed by atoms with Crippen molar-refractivity contribution in [2.75, 3.05) is 5.32 Å². The van der Waals surface area contributed by atoms with Crippen LogP contribution in [-0.4, -0.2) is 22.8 Å². The van der Waals surface area contributed by atoms with E-state index in [4.69, 9.17) is 5.14 Å². The number of hydrogen-bond acceptors (Lipinski definition) is 5. The van der Waals surface area contributed by atoms with E-state index in [9.17, 15) is 8.42 Å². The van der Waals surface area contributed by atoms with E-state index in [1.54, 1.807) is 18.3 Å². The number of fused-ring (bicyclic) bond motifs is 1. The zero-order chi connectivity index (χ0) is 18.6. The lowest BCUT2D eigenvalue weighted by atomic mass is 10.2. The third-order valence-corrected chi connectivity index (χ3v) is 4.80. The van der Waals surface area contributed by atoms with E-state index in [2.05, 4.69) is 31.2 Å². The lowest BCUT2D eigenvalue weighted by Crippen LogP contribution is -2.12. The molecule has 0 fully saturated rings. The smallest absolute Gasteiger partial charge is 0.238 e. The lowest BCUT2D eigenvalue weighted by molar-refractivity contribution is 0.598. The number of aryl methyl sites for hydroxylation is 1. The van der Waals surface area contributed by atoms with Crippen LogP contribution in [0.5, 0.6) is 0 Å². The number of imidazole rings is 1. The Morgan fingerprint density at radius 1 is 1.24 bits per heavy atom. The molecule has 0 aliphatic rings. The van der Waals surface area contributed by atoms with E-state index in [0.717, 1.165) is 15.9 Å². The van der Waals surface area contributed by atoms with E-state index < -0.39 is 10.0 Å². The number of nitrogens with one attached hydrogen (secondary N) is 1. The SMILES string of the molecule is CC.Cc1cn2c(Br)cnc2c(NCc2ccc(S(N)(=O)=O)cc2)n1. The maximum Gasteiger partial charge on any atom is 0.238 e. The second-order valence-electron chi connectivity index (χ2n) is 5.05. The summed E-state index contributed by atoms with van der Waals surface area (Å²) in [7, 11) is -3.67. The van der Waals surface area contributed by atoms with Crippen LogP contribution in [0, 0.1) is 6.92 Å². The number of aromatic nitrogens is 3. The fraction of sp³-hybridized carbons (Fsp3) is 0.250. The van der Waals surface area contributed by atoms with Crippen LogP contribution in [0.3, 0.4) is 0 Å². The average Bonchev–Trinajstić information content (AvgIpc) is 2.95. The van der Waals surface area contributed by atoms with Crippen molar-refractivity contribution in [1.82, 2.24) is 14.4 Å². The standard InChI is InChI=1S/C14H14BrN5O2S.C2H6/c1-9-8-20-12(15)7-18-14(20)13(19-9)17-6-10-2-4-11(5-3-10)23(16,21)22;1-2/h2-5,7-8H,6H2,1H3,(H,17,19)(H2,16,21,22);1-2H3. The molecular weight excluding hydrogens is 406 g/mol. The quantitative estimate of drug-likeness (QED) is 0.668. The molecule has 3 rings (SSSR count). The van der Waals surface area contributed by atoms with Crippen LogP contribution in [0.15, 0.2) is 46.2 Å². The van der Waals surface area contributed by atoms with Crippen LogP contribution in [0.25, 0.3) is 5.65 Å². The molecule has 2 aromatic heterocycles. The van der Waals surface area contributed by atoms with Crippen molar-refractivity contribution in [3.05, 3.63) is 52.5 Å². The number of hydrogen-bond donors (Lipinski definition) is 2. The first-order chi connectivity index (χ1) is 11.8. The Morgan fingerprint density at radius 2 is 1.88 bits per heavy atom. The first-order valence-corrected chi connectivity index (χ1v) is 10.0. The summed E-state index contributed by atoms with van der Waals surface area (Å²) in [6.07, 6.45) is 3.60. The molecule has 2 heterocycles. The van der Waals surface area contributed by atoms with Crippen LogP contribution in [0.4, 0.5) is 5.82 Å². The molecule has 0 saturated heterocycles. The summed E-state index contributed by atoms with van der Waals surface area (Å²) in [5, 5.41) is 8.30. The predicted octanol–water partition coefficient (Wildman–Crippen LogP) is 3.09. The Bertz CT molecular complexity index is 968. The van der Waals surface area contributed by atoms with E-state index in [1.807, 2.05) is 31.4 Å². The molecule has 0 atom stereocenters. The van der Waals surface area contributed by atoms with Crippen molar-refractivity contribution >= 4 is 37.4 Å². The molecule has 0 radical (unpaired) electrons. The van der Waals surface area contributed by atoms with Crippen molar-refractivity contribution < 1.29 is 8.42 Å². The van der Waals surface area contributed by atoms with Gasteiger partial charge in [-0.2, -0.15) is 0 Å². The molecule has 0 aliphatic heterocycles. The van der Waals surface area contributed by atoms with E-state index >= 15 is 0 Å². The summed E-state index contributed by atoms with van der Waals surface area (Å²) in [4.78, 5) is 8.86. The molecule has 0 aliphatic carbocycles. The molecule has 0 amide bonds. The van der Waals surface area contributed by atoms with Crippen LogP contribution in [-0.2, 0) is 16.6 Å². The number of anilines is 1. The molecule has 134 valence electrons. The Balaban J connectivity index is 0.00000109. The van der Waals surface area contributed by atoms with Crippen molar-refractivity contribution in [3.8, 4) is 0 Å². The first kappa shape index (κ1) is 19.4. The molecule has 0 unspecified atom stereocenters. The summed E-state index contributed by atoms with van der Waals surface area (Å²) < 4.78 is 25.2. The van der Waals surface area contributed by atoms with Crippen molar-refractivity contribution in [1.29, 1.82) is 0 Å². The fourth-order valence-corrected chi connectivity index (χ4v) is 3.07. The van der Waals surface area contributed by atoms with Crippen LogP contribution < -0.4 is 10.5 Å². The average molecular weight is 426 g/mol. The minimum absolute atomic E-state index is 0.0921. The Morgan fingerprint density at radius 3 is 2.48 bits per heavy atom. The van der Waals surface area contributed by atoms with E-state index in [-0.39, 0.29) is 4.90 Å². The number of sulfonamides is 1. The fourth-order valence-electron chi connectivity index (χ4n) is 2.18. The number of rotatable bonds is 4. The summed E-state index contributed by atoms with van der Waals surface area (Å²) in [5.74, 6) is 0.659. The highest BCUT2D eigenvalue weighted by molar-refractivity contribution is 9.10. The molecule has 0 bridgehead atoms. The molecule has 0 spiro atoms. The summed E-state index contributed by atoms with van der Waals surface area (Å²) in [6, 6.07) is 6.39. The monoisotopic (exact) mass is 425 g/mol. The minimum Gasteiger partial charge on any atom is -0.363 e. The third-order valence-electron chi connectivity index (χ3n) is 3.28. The topological polar surface area (TPSA) is 102 Å². The van der Waals surface area contributed by atoms with Crippen molar-refractivity contribution in [2.45, 2.75) is 32.2 Å². The Kier molecular flexibility index (Phi) is 6.15. The summed E-state index contributed by atoms with van der Waals surface area (Å²) in [5.41, 5.74) is 2.47. The molecule has 7 nitrogen and oxygen atoms in total. The van der Waals surface area contributed by atoms with Crippen molar-refractivity contribution in [3.63, 3.8) is 0 Å². The van der Waals surface area contributed by atoms with Crippen LogP contribution >= 0.6 is 15.9 Å². The molecule has 0 saturated carbocycles. The van der Waals surface area contributed by atoms with Gasteiger partial charge >= 0.3 is 0 Å². The second-order valence-corrected chi connectivity index (χ2v) is 7.42. The zero-order valence-electron chi connectivity index (χ0n) is 14.2. The number of halogens is 1. The van der Waals surface area contributed by atoms with Gasteiger partial charge in [0.1, 0.15) is 4.60 Å². The Labute approximate surface area is 155 Å². The summed E-state index contributed by atoms with van der Waals surface area (Å²) in [6.45, 7) is 6.39. The van der Waals surface area contributed by atoms with E-state index in [1.165, 1.54) is 12.1 Å². The Hall–Kier alpha value is -1.97. The van der Waals surface area contributed by atoms with Gasteiger partial charge in [0.2, 0.25) is 10.0 Å². The van der Waals surface area contributed by atoms with Crippen LogP contribution in [0.2, 0.25) is 0 Å². The molecule has 3 aromatic rings. The largest absolute Gasteiger partial charge is 0.363 e. The van der Waals surface area contributed by atoms with Gasteiger partial charge in [-0.15, -0.1) is 0 Å². The first-order valence-electron chi connectivity index (χ1n) is 7.70. The van der Waals surface area contributed by atoms with Crippen molar-refractivity contribution in [2.24, 2.45) is 5.14 Å². The van der Waals surface area contributed by atoms with Gasteiger partial charge in [0, 0.05) is 12.7 Å². The maximum atomic E-state index is 11.2. The van der Waals surface area contributed by atoms with Gasteiger partial charge in [0.15, 0.2) is 11.5 Å². The van der Waals surface area contributed by atoms with Gasteiger partial charge in [-0.1, -0.05) is 26.0 Å². The molecule has 25 heavy (non-hydrogen) atoms. The maximum absolute atomic E-state index is 11.2. The highest BCUT2D eigenvalue weighted by Crippen LogP contribution is 2.20. The minimum atomic E-state index is -3.67. The van der Waals surface area contributed by atoms with Gasteiger partial charge in [0.05, 0.1) is 16.8 Å². The predicted molar refractivity (Wildman–Crippen MR) is 102 cm³/mol. The van der Waals surface area contributed by atoms with Gasteiger partial charge < -0.3 is 5.32 Å². The van der Waals surface area contributed by atoms with Gasteiger partial charge in [-0.05, 0) is 40.5 Å². The van der Waals surface area contributed by atoms with Gasteiger partial charge in [-0.25, -0.2) is 23.5 Å². The normalized spacial score (nSPS) is 11.1. The van der Waals surface area contributed by atoms with E-state index in [0.29, 0.717) is 18.0 Å². The molecule has 1 aromatic carbocycles. The third kappa shape index (κ3) is 4.56. The molecule has 9 heteroatoms. The number of nitrogens with two attached hydrogens (primary N) is 1. The highest BCUT2D eigenvalue weighted by atomic mass is 79.9. The highest BCUT2D eigenvalue weighted by Gasteiger charge is 2.10. The number of benzene rings is 1. The van der Waals surface area contributed by atoms with Crippen LogP contribution in [0.1, 0.15) is 25.1 Å². The van der Waals surface area contributed by atoms with Gasteiger partial charge in [-0.3, -0.25) is 4.40 Å². The van der Waals surface area contributed by atoms with Gasteiger partial charge in [0.25, 0.3) is 0 Å². The zero-order valence-corrected chi connectivity index (χ0v) is 16.6.